The second kappa shape index (κ2) is 8.35. The molecular weight excluding hydrogens is 356 g/mol. The number of methoxy groups -OCH3 is 1. The minimum Gasteiger partial charge on any atom is -0.490 e. The van der Waals surface area contributed by atoms with Crippen molar-refractivity contribution < 1.29 is 28.7 Å². The Labute approximate surface area is 155 Å². The molecule has 0 N–H and O–H groups in total. The maximum absolute atomic E-state index is 12.6. The van der Waals surface area contributed by atoms with Crippen molar-refractivity contribution in [2.24, 2.45) is 7.05 Å². The Morgan fingerprint density at radius 2 is 1.89 bits per heavy atom. The molecule has 0 unspecified atom stereocenters. The second-order valence-electron chi connectivity index (χ2n) is 5.39. The molecule has 0 radical (unpaired) electrons. The van der Waals surface area contributed by atoms with Crippen molar-refractivity contribution >= 4 is 34.6 Å². The van der Waals surface area contributed by atoms with E-state index in [1.54, 1.807) is 31.5 Å². The number of hydrogen-bond donors (Lipinski definition) is 0. The molecule has 144 valence electrons. The molecule has 9 heteroatoms. The van der Waals surface area contributed by atoms with Crippen LogP contribution in [0.25, 0.3) is 17.0 Å². The van der Waals surface area contributed by atoms with Crippen LogP contribution in [0.4, 0.5) is 5.69 Å². The zero-order chi connectivity index (χ0) is 20.1. The fourth-order valence-electron chi connectivity index (χ4n) is 2.80. The van der Waals surface area contributed by atoms with E-state index in [1.165, 1.54) is 19.3 Å². The summed E-state index contributed by atoms with van der Waals surface area (Å²) in [5, 5.41) is 11.8. The Bertz CT molecular complexity index is 928. The number of esters is 2. The Morgan fingerprint density at radius 3 is 2.44 bits per heavy atom. The lowest BCUT2D eigenvalue weighted by molar-refractivity contribution is -0.384. The Hall–Kier alpha value is -3.36. The monoisotopic (exact) mass is 376 g/mol. The molecule has 0 bridgehead atoms. The molecule has 0 atom stereocenters. The smallest absolute Gasteiger partial charge is 0.341 e. The van der Waals surface area contributed by atoms with Crippen LogP contribution in [0.5, 0.6) is 5.75 Å². The lowest BCUT2D eigenvalue weighted by Gasteiger charge is -2.05. The van der Waals surface area contributed by atoms with Crippen LogP contribution in [0.1, 0.15) is 29.9 Å². The molecule has 1 heterocycles. The predicted molar refractivity (Wildman–Crippen MR) is 97.7 cm³/mol. The van der Waals surface area contributed by atoms with Crippen molar-refractivity contribution in [2.45, 2.75) is 13.8 Å². The maximum Gasteiger partial charge on any atom is 0.341 e. The highest BCUT2D eigenvalue weighted by molar-refractivity contribution is 6.12. The number of benzene rings is 1. The van der Waals surface area contributed by atoms with Gasteiger partial charge >= 0.3 is 17.6 Å². The molecule has 27 heavy (non-hydrogen) atoms. The van der Waals surface area contributed by atoms with Crippen molar-refractivity contribution in [2.75, 3.05) is 20.3 Å². The normalized spacial score (nSPS) is 11.0. The highest BCUT2D eigenvalue weighted by atomic mass is 16.6. The molecule has 0 spiro atoms. The van der Waals surface area contributed by atoms with Gasteiger partial charge in [0.2, 0.25) is 0 Å². The third-order valence-corrected chi connectivity index (χ3v) is 3.89. The molecular formula is C18H20N2O7. The van der Waals surface area contributed by atoms with Crippen LogP contribution in [0.2, 0.25) is 0 Å². The zero-order valence-electron chi connectivity index (χ0n) is 15.5. The Kier molecular flexibility index (Phi) is 6.17. The van der Waals surface area contributed by atoms with Gasteiger partial charge in [0.1, 0.15) is 0 Å². The quantitative estimate of drug-likeness (QED) is 0.316. The number of fused-ring (bicyclic) bond motifs is 1. The summed E-state index contributed by atoms with van der Waals surface area (Å²) in [6.07, 6.45) is 2.53. The second-order valence-corrected chi connectivity index (χ2v) is 5.39. The van der Waals surface area contributed by atoms with Crippen LogP contribution in [0, 0.1) is 10.1 Å². The van der Waals surface area contributed by atoms with Crippen LogP contribution < -0.4 is 4.74 Å². The third-order valence-electron chi connectivity index (χ3n) is 3.89. The van der Waals surface area contributed by atoms with Gasteiger partial charge in [-0.25, -0.2) is 9.59 Å². The molecule has 0 amide bonds. The Balaban J connectivity index is 2.85. The van der Waals surface area contributed by atoms with Crippen molar-refractivity contribution in [1.29, 1.82) is 0 Å². The van der Waals surface area contributed by atoms with E-state index < -0.39 is 16.9 Å². The van der Waals surface area contributed by atoms with Gasteiger partial charge in [0.15, 0.2) is 5.75 Å². The molecule has 0 aliphatic rings. The first kappa shape index (κ1) is 20.0. The van der Waals surface area contributed by atoms with Crippen LogP contribution in [-0.4, -0.2) is 41.8 Å². The fourth-order valence-corrected chi connectivity index (χ4v) is 2.80. The van der Waals surface area contributed by atoms with E-state index in [9.17, 15) is 19.7 Å². The fraction of sp³-hybridized carbons (Fsp3) is 0.333. The van der Waals surface area contributed by atoms with Gasteiger partial charge in [0, 0.05) is 13.1 Å². The van der Waals surface area contributed by atoms with Gasteiger partial charge in [-0.2, -0.15) is 0 Å². The molecule has 1 aromatic heterocycles. The Morgan fingerprint density at radius 1 is 1.22 bits per heavy atom. The van der Waals surface area contributed by atoms with Gasteiger partial charge in [-0.05, 0) is 32.1 Å². The zero-order valence-corrected chi connectivity index (χ0v) is 15.5. The van der Waals surface area contributed by atoms with Crippen molar-refractivity contribution in [3.8, 4) is 5.75 Å². The minimum atomic E-state index is -0.733. The molecule has 0 saturated heterocycles. The third kappa shape index (κ3) is 3.76. The number of nitrogens with zero attached hydrogens (tertiary/aromatic N) is 2. The van der Waals surface area contributed by atoms with E-state index in [0.29, 0.717) is 5.52 Å². The number of nitro benzene ring substituents is 1. The summed E-state index contributed by atoms with van der Waals surface area (Å²) in [5.41, 5.74) is 0.354. The summed E-state index contributed by atoms with van der Waals surface area (Å²) >= 11 is 0. The summed E-state index contributed by atoms with van der Waals surface area (Å²) < 4.78 is 16.6. The number of ether oxygens (including phenoxy) is 3. The molecule has 9 nitrogen and oxygen atoms in total. The van der Waals surface area contributed by atoms with E-state index in [1.807, 2.05) is 0 Å². The van der Waals surface area contributed by atoms with E-state index >= 15 is 0 Å². The first-order valence-electron chi connectivity index (χ1n) is 8.22. The number of hydrogen-bond acceptors (Lipinski definition) is 7. The number of aromatic nitrogens is 1. The van der Waals surface area contributed by atoms with Gasteiger partial charge in [0.25, 0.3) is 0 Å². The lowest BCUT2D eigenvalue weighted by atomic mass is 10.1. The van der Waals surface area contributed by atoms with Gasteiger partial charge in [-0.15, -0.1) is 0 Å². The first-order chi connectivity index (χ1) is 12.9. The van der Waals surface area contributed by atoms with Crippen molar-refractivity contribution in [3.63, 3.8) is 0 Å². The lowest BCUT2D eigenvalue weighted by Crippen LogP contribution is -2.08. The highest BCUT2D eigenvalue weighted by Crippen LogP contribution is 2.40. The van der Waals surface area contributed by atoms with E-state index in [-0.39, 0.29) is 41.3 Å². The SMILES string of the molecule is CCOC(=O)/C=C/c1c(C(=O)OCC)c2c([N+](=O)[O-])c(OC)ccc2n1C. The van der Waals surface area contributed by atoms with Gasteiger partial charge in [0.05, 0.1) is 47.4 Å². The number of aryl methyl sites for hydroxylation is 1. The maximum atomic E-state index is 12.6. The van der Waals surface area contributed by atoms with Crippen LogP contribution >= 0.6 is 0 Å². The van der Waals surface area contributed by atoms with Gasteiger partial charge in [-0.1, -0.05) is 0 Å². The van der Waals surface area contributed by atoms with E-state index in [4.69, 9.17) is 14.2 Å². The topological polar surface area (TPSA) is 110 Å². The van der Waals surface area contributed by atoms with Crippen LogP contribution in [0.3, 0.4) is 0 Å². The molecule has 0 fully saturated rings. The molecule has 0 aliphatic carbocycles. The van der Waals surface area contributed by atoms with Gasteiger partial charge < -0.3 is 18.8 Å². The van der Waals surface area contributed by atoms with Crippen molar-refractivity contribution in [1.82, 2.24) is 4.57 Å². The molecule has 0 aliphatic heterocycles. The summed E-state index contributed by atoms with van der Waals surface area (Å²) in [5.74, 6) is -1.31. The van der Waals surface area contributed by atoms with E-state index in [0.717, 1.165) is 6.08 Å². The van der Waals surface area contributed by atoms with Crippen molar-refractivity contribution in [3.05, 3.63) is 39.6 Å². The largest absolute Gasteiger partial charge is 0.490 e. The predicted octanol–water partition coefficient (Wildman–Crippen LogP) is 2.85. The first-order valence-corrected chi connectivity index (χ1v) is 8.22. The summed E-state index contributed by atoms with van der Waals surface area (Å²) in [6.45, 7) is 3.59. The number of nitro groups is 1. The number of carbonyl (C=O) groups excluding carboxylic acids is 2. The minimum absolute atomic E-state index is 0.0134. The van der Waals surface area contributed by atoms with E-state index in [2.05, 4.69) is 0 Å². The summed E-state index contributed by atoms with van der Waals surface area (Å²) in [6, 6.07) is 3.06. The number of rotatable bonds is 7. The summed E-state index contributed by atoms with van der Waals surface area (Å²) in [4.78, 5) is 35.3. The number of carbonyl (C=O) groups is 2. The molecule has 1 aromatic carbocycles. The average Bonchev–Trinajstić information content (AvgIpc) is 2.91. The van der Waals surface area contributed by atoms with Crippen LogP contribution in [-0.2, 0) is 21.3 Å². The highest BCUT2D eigenvalue weighted by Gasteiger charge is 2.30. The standard InChI is InChI=1S/C18H20N2O7/c1-5-26-14(21)10-8-12-16(18(22)27-6-2)15-11(19(12)3)7-9-13(25-4)17(15)20(23)24/h7-10H,5-6H2,1-4H3/b10-8+. The molecule has 2 rings (SSSR count). The van der Waals surface area contributed by atoms with Crippen LogP contribution in [0.15, 0.2) is 18.2 Å². The molecule has 2 aromatic rings. The molecule has 0 saturated carbocycles. The van der Waals surface area contributed by atoms with Gasteiger partial charge in [-0.3, -0.25) is 10.1 Å². The average molecular weight is 376 g/mol. The summed E-state index contributed by atoms with van der Waals surface area (Å²) in [7, 11) is 2.94.